The summed E-state index contributed by atoms with van der Waals surface area (Å²) in [4.78, 5) is 37.2. The zero-order chi connectivity index (χ0) is 21.7. The van der Waals surface area contributed by atoms with Gasteiger partial charge in [0.15, 0.2) is 0 Å². The standard InChI is InChI=1S/C20H23ClN4O4/c1-12(2)11-22-19(26)16-9-13(5-8-18(16)24(3)4)23-20(27)15-7-6-14(25(28)29)10-17(15)21/h5-10,12H,11H2,1-4H3,(H,22,26)(H,23,27). The Bertz CT molecular complexity index is 944. The van der Waals surface area contributed by atoms with E-state index in [2.05, 4.69) is 10.6 Å². The van der Waals surface area contributed by atoms with Crippen LogP contribution in [-0.4, -0.2) is 37.4 Å². The fourth-order valence-electron chi connectivity index (χ4n) is 2.58. The van der Waals surface area contributed by atoms with E-state index in [1.807, 2.05) is 32.8 Å². The molecule has 0 unspecified atom stereocenters. The second-order valence-corrected chi connectivity index (χ2v) is 7.51. The number of benzene rings is 2. The Morgan fingerprint density at radius 2 is 1.79 bits per heavy atom. The van der Waals surface area contributed by atoms with Gasteiger partial charge in [-0.1, -0.05) is 25.4 Å². The number of rotatable bonds is 7. The highest BCUT2D eigenvalue weighted by molar-refractivity contribution is 6.34. The van der Waals surface area contributed by atoms with Gasteiger partial charge in [0.2, 0.25) is 0 Å². The number of anilines is 2. The van der Waals surface area contributed by atoms with Gasteiger partial charge in [-0.25, -0.2) is 0 Å². The lowest BCUT2D eigenvalue weighted by Crippen LogP contribution is -2.29. The first-order chi connectivity index (χ1) is 13.6. The highest BCUT2D eigenvalue weighted by Crippen LogP contribution is 2.26. The largest absolute Gasteiger partial charge is 0.377 e. The summed E-state index contributed by atoms with van der Waals surface area (Å²) in [6.07, 6.45) is 0. The molecule has 2 rings (SSSR count). The van der Waals surface area contributed by atoms with Crippen LogP contribution in [0.2, 0.25) is 5.02 Å². The zero-order valence-electron chi connectivity index (χ0n) is 16.7. The number of amides is 2. The monoisotopic (exact) mass is 418 g/mol. The molecule has 0 atom stereocenters. The molecule has 8 nitrogen and oxygen atoms in total. The SMILES string of the molecule is CC(C)CNC(=O)c1cc(NC(=O)c2ccc([N+](=O)[O-])cc2Cl)ccc1N(C)C. The van der Waals surface area contributed by atoms with Crippen molar-refractivity contribution in [1.82, 2.24) is 5.32 Å². The fraction of sp³-hybridized carbons (Fsp3) is 0.300. The molecule has 0 bridgehead atoms. The second-order valence-electron chi connectivity index (χ2n) is 7.11. The minimum atomic E-state index is -0.588. The van der Waals surface area contributed by atoms with E-state index in [1.165, 1.54) is 12.1 Å². The van der Waals surface area contributed by atoms with Crippen molar-refractivity contribution in [2.24, 2.45) is 5.92 Å². The first kappa shape index (κ1) is 22.2. The minimum absolute atomic E-state index is 0.0310. The number of carbonyl (C=O) groups excluding carboxylic acids is 2. The van der Waals surface area contributed by atoms with Crippen LogP contribution in [-0.2, 0) is 0 Å². The molecule has 0 aliphatic carbocycles. The molecule has 2 aromatic carbocycles. The lowest BCUT2D eigenvalue weighted by molar-refractivity contribution is -0.384. The molecule has 9 heteroatoms. The summed E-state index contributed by atoms with van der Waals surface area (Å²) in [6.45, 7) is 4.52. The van der Waals surface area contributed by atoms with Crippen molar-refractivity contribution in [2.75, 3.05) is 30.9 Å². The van der Waals surface area contributed by atoms with E-state index in [-0.39, 0.29) is 22.2 Å². The van der Waals surface area contributed by atoms with Crippen molar-refractivity contribution >= 4 is 40.5 Å². The fourth-order valence-corrected chi connectivity index (χ4v) is 2.84. The quantitative estimate of drug-likeness (QED) is 0.523. The maximum atomic E-state index is 12.6. The molecule has 0 aliphatic heterocycles. The van der Waals surface area contributed by atoms with Crippen molar-refractivity contribution in [3.05, 3.63) is 62.7 Å². The molecule has 2 amide bonds. The number of hydrogen-bond donors (Lipinski definition) is 2. The number of carbonyl (C=O) groups is 2. The van der Waals surface area contributed by atoms with Crippen LogP contribution in [0.1, 0.15) is 34.6 Å². The van der Waals surface area contributed by atoms with Crippen molar-refractivity contribution in [1.29, 1.82) is 0 Å². The van der Waals surface area contributed by atoms with Gasteiger partial charge in [0.25, 0.3) is 17.5 Å². The third-order valence-corrected chi connectivity index (χ3v) is 4.37. The summed E-state index contributed by atoms with van der Waals surface area (Å²) in [7, 11) is 3.65. The third-order valence-electron chi connectivity index (χ3n) is 4.06. The number of nitrogens with one attached hydrogen (secondary N) is 2. The smallest absolute Gasteiger partial charge is 0.270 e. The zero-order valence-corrected chi connectivity index (χ0v) is 17.4. The number of non-ortho nitro benzene ring substituents is 1. The normalized spacial score (nSPS) is 10.6. The molecular formula is C20H23ClN4O4. The van der Waals surface area contributed by atoms with Gasteiger partial charge < -0.3 is 15.5 Å². The molecule has 2 aromatic rings. The molecule has 0 heterocycles. The number of nitro groups is 1. The van der Waals surface area contributed by atoms with Crippen LogP contribution in [0.15, 0.2) is 36.4 Å². The highest BCUT2D eigenvalue weighted by Gasteiger charge is 2.18. The molecule has 0 radical (unpaired) electrons. The van der Waals surface area contributed by atoms with Crippen LogP contribution in [0.5, 0.6) is 0 Å². The summed E-state index contributed by atoms with van der Waals surface area (Å²) >= 11 is 6.02. The lowest BCUT2D eigenvalue weighted by Gasteiger charge is -2.19. The summed E-state index contributed by atoms with van der Waals surface area (Å²) in [5.74, 6) is -0.475. The Kier molecular flexibility index (Phi) is 7.17. The topological polar surface area (TPSA) is 105 Å². The molecule has 0 aromatic heterocycles. The van der Waals surface area contributed by atoms with E-state index < -0.39 is 10.8 Å². The Morgan fingerprint density at radius 3 is 2.34 bits per heavy atom. The number of nitrogens with zero attached hydrogens (tertiary/aromatic N) is 2. The van der Waals surface area contributed by atoms with Gasteiger partial charge in [0, 0.05) is 44.1 Å². The van der Waals surface area contributed by atoms with Gasteiger partial charge in [-0.3, -0.25) is 19.7 Å². The third kappa shape index (κ3) is 5.68. The predicted octanol–water partition coefficient (Wildman–Crippen LogP) is 3.95. The molecule has 0 aliphatic rings. The number of halogens is 1. The Hall–Kier alpha value is -3.13. The van der Waals surface area contributed by atoms with Crippen LogP contribution < -0.4 is 15.5 Å². The highest BCUT2D eigenvalue weighted by atomic mass is 35.5. The Balaban J connectivity index is 2.28. The Labute approximate surface area is 174 Å². The first-order valence-corrected chi connectivity index (χ1v) is 9.32. The lowest BCUT2D eigenvalue weighted by atomic mass is 10.1. The van der Waals surface area contributed by atoms with E-state index >= 15 is 0 Å². The van der Waals surface area contributed by atoms with E-state index in [4.69, 9.17) is 11.6 Å². The molecule has 2 N–H and O–H groups in total. The van der Waals surface area contributed by atoms with Gasteiger partial charge in [-0.2, -0.15) is 0 Å². The molecule has 0 fully saturated rings. The predicted molar refractivity (Wildman–Crippen MR) is 114 cm³/mol. The Morgan fingerprint density at radius 1 is 1.10 bits per heavy atom. The summed E-state index contributed by atoms with van der Waals surface area (Å²) in [6, 6.07) is 8.61. The van der Waals surface area contributed by atoms with Crippen molar-refractivity contribution in [3.8, 4) is 0 Å². The van der Waals surface area contributed by atoms with Crippen molar-refractivity contribution in [3.63, 3.8) is 0 Å². The van der Waals surface area contributed by atoms with Crippen LogP contribution in [0, 0.1) is 16.0 Å². The summed E-state index contributed by atoms with van der Waals surface area (Å²) in [5, 5.41) is 16.3. The number of nitro benzene ring substituents is 1. The van der Waals surface area contributed by atoms with Gasteiger partial charge >= 0.3 is 0 Å². The van der Waals surface area contributed by atoms with Crippen LogP contribution >= 0.6 is 11.6 Å². The van der Waals surface area contributed by atoms with Crippen LogP contribution in [0.25, 0.3) is 0 Å². The van der Waals surface area contributed by atoms with Crippen LogP contribution in [0.4, 0.5) is 17.1 Å². The average molecular weight is 419 g/mol. The molecule has 0 saturated heterocycles. The van der Waals surface area contributed by atoms with E-state index in [0.717, 1.165) is 6.07 Å². The molecule has 154 valence electrons. The van der Waals surface area contributed by atoms with Gasteiger partial charge in [-0.15, -0.1) is 0 Å². The molecule has 29 heavy (non-hydrogen) atoms. The maximum absolute atomic E-state index is 12.6. The van der Waals surface area contributed by atoms with Crippen LogP contribution in [0.3, 0.4) is 0 Å². The van der Waals surface area contributed by atoms with Gasteiger partial charge in [-0.05, 0) is 30.2 Å². The van der Waals surface area contributed by atoms with Crippen molar-refractivity contribution < 1.29 is 14.5 Å². The summed E-state index contributed by atoms with van der Waals surface area (Å²) < 4.78 is 0. The summed E-state index contributed by atoms with van der Waals surface area (Å²) in [5.41, 5.74) is 1.43. The number of hydrogen-bond acceptors (Lipinski definition) is 5. The molecular weight excluding hydrogens is 396 g/mol. The van der Waals surface area contributed by atoms with E-state index in [1.54, 1.807) is 18.2 Å². The first-order valence-electron chi connectivity index (χ1n) is 8.95. The maximum Gasteiger partial charge on any atom is 0.270 e. The van der Waals surface area contributed by atoms with E-state index in [0.29, 0.717) is 29.4 Å². The molecule has 0 saturated carbocycles. The second kappa shape index (κ2) is 9.38. The average Bonchev–Trinajstić information content (AvgIpc) is 2.65. The van der Waals surface area contributed by atoms with Gasteiger partial charge in [0.1, 0.15) is 0 Å². The molecule has 0 spiro atoms. The van der Waals surface area contributed by atoms with Gasteiger partial charge in [0.05, 0.1) is 21.1 Å². The van der Waals surface area contributed by atoms with E-state index in [9.17, 15) is 19.7 Å². The minimum Gasteiger partial charge on any atom is -0.377 e. The van der Waals surface area contributed by atoms with Crippen molar-refractivity contribution in [2.45, 2.75) is 13.8 Å².